The molecule has 6 heteroatoms. The van der Waals surface area contributed by atoms with Gasteiger partial charge in [-0.25, -0.2) is 0 Å². The van der Waals surface area contributed by atoms with Crippen molar-refractivity contribution < 1.29 is 14.7 Å². The Morgan fingerprint density at radius 2 is 1.88 bits per heavy atom. The molecule has 0 atom stereocenters. The molecule has 1 aromatic carbocycles. The minimum absolute atomic E-state index is 0.124. The van der Waals surface area contributed by atoms with Gasteiger partial charge in [0.25, 0.3) is 5.91 Å². The summed E-state index contributed by atoms with van der Waals surface area (Å²) in [4.78, 5) is 25.2. The zero-order valence-electron chi connectivity index (χ0n) is 13.9. The van der Waals surface area contributed by atoms with E-state index in [1.165, 1.54) is 11.1 Å². The minimum Gasteiger partial charge on any atom is -0.481 e. The van der Waals surface area contributed by atoms with Gasteiger partial charge in [0.1, 0.15) is 5.69 Å². The average Bonchev–Trinajstić information content (AvgIpc) is 3.07. The second-order valence-corrected chi connectivity index (χ2v) is 6.37. The fraction of sp³-hybridized carbons (Fsp3) is 0.389. The van der Waals surface area contributed by atoms with Gasteiger partial charge in [0.2, 0.25) is 0 Å². The second kappa shape index (κ2) is 6.47. The fourth-order valence-electron chi connectivity index (χ4n) is 2.98. The lowest BCUT2D eigenvalue weighted by Gasteiger charge is -2.29. The summed E-state index contributed by atoms with van der Waals surface area (Å²) in [5.41, 5.74) is 4.54. The summed E-state index contributed by atoms with van der Waals surface area (Å²) in [6.45, 7) is 5.03. The van der Waals surface area contributed by atoms with Crippen LogP contribution in [0.5, 0.6) is 0 Å². The molecular weight excluding hydrogens is 306 g/mol. The number of aryl methyl sites for hydroxylation is 2. The molecule has 0 saturated carbocycles. The molecule has 2 N–H and O–H groups in total. The number of carbonyl (C=O) groups excluding carboxylic acids is 1. The molecule has 1 fully saturated rings. The van der Waals surface area contributed by atoms with Gasteiger partial charge in [0, 0.05) is 18.7 Å². The Morgan fingerprint density at radius 1 is 1.17 bits per heavy atom. The van der Waals surface area contributed by atoms with Crippen LogP contribution in [0.3, 0.4) is 0 Å². The van der Waals surface area contributed by atoms with Gasteiger partial charge in [0.15, 0.2) is 0 Å². The number of rotatable bonds is 3. The Bertz CT molecular complexity index is 774. The highest BCUT2D eigenvalue weighted by Gasteiger charge is 2.28. The average molecular weight is 327 g/mol. The summed E-state index contributed by atoms with van der Waals surface area (Å²) in [7, 11) is 0. The van der Waals surface area contributed by atoms with E-state index >= 15 is 0 Å². The highest BCUT2D eigenvalue weighted by molar-refractivity contribution is 5.93. The van der Waals surface area contributed by atoms with E-state index in [0.29, 0.717) is 31.6 Å². The molecule has 0 unspecified atom stereocenters. The van der Waals surface area contributed by atoms with Gasteiger partial charge in [-0.3, -0.25) is 14.7 Å². The lowest BCUT2D eigenvalue weighted by Crippen LogP contribution is -2.40. The number of hydrogen-bond acceptors (Lipinski definition) is 3. The van der Waals surface area contributed by atoms with Gasteiger partial charge in [0.05, 0.1) is 11.6 Å². The number of benzene rings is 1. The van der Waals surface area contributed by atoms with E-state index in [0.717, 1.165) is 11.3 Å². The van der Waals surface area contributed by atoms with Crippen molar-refractivity contribution in [3.63, 3.8) is 0 Å². The molecule has 1 aliphatic heterocycles. The van der Waals surface area contributed by atoms with Crippen LogP contribution in [0, 0.1) is 19.8 Å². The molecule has 3 rings (SSSR count). The minimum atomic E-state index is -0.777. The summed E-state index contributed by atoms with van der Waals surface area (Å²) in [5.74, 6) is -1.25. The molecular formula is C18H21N3O3. The van der Waals surface area contributed by atoms with E-state index in [2.05, 4.69) is 23.2 Å². The molecule has 0 radical (unpaired) electrons. The topological polar surface area (TPSA) is 86.3 Å². The molecule has 0 spiro atoms. The highest BCUT2D eigenvalue weighted by Crippen LogP contribution is 2.23. The molecule has 0 aliphatic carbocycles. The number of aliphatic carboxylic acids is 1. The van der Waals surface area contributed by atoms with Crippen molar-refractivity contribution in [2.45, 2.75) is 26.7 Å². The summed E-state index contributed by atoms with van der Waals surface area (Å²) >= 11 is 0. The Labute approximate surface area is 140 Å². The zero-order chi connectivity index (χ0) is 17.3. The Morgan fingerprint density at radius 3 is 2.50 bits per heavy atom. The van der Waals surface area contributed by atoms with Crippen LogP contribution in [0.15, 0.2) is 24.3 Å². The second-order valence-electron chi connectivity index (χ2n) is 6.37. The van der Waals surface area contributed by atoms with Crippen LogP contribution in [0.25, 0.3) is 11.3 Å². The van der Waals surface area contributed by atoms with Gasteiger partial charge >= 0.3 is 5.97 Å². The molecule has 1 aliphatic rings. The maximum absolute atomic E-state index is 12.5. The van der Waals surface area contributed by atoms with Crippen molar-refractivity contribution >= 4 is 11.9 Å². The van der Waals surface area contributed by atoms with Gasteiger partial charge in [-0.15, -0.1) is 0 Å². The molecule has 24 heavy (non-hydrogen) atoms. The molecule has 2 heterocycles. The van der Waals surface area contributed by atoms with E-state index in [9.17, 15) is 9.59 Å². The van der Waals surface area contributed by atoms with Crippen molar-refractivity contribution in [3.8, 4) is 11.3 Å². The third-order valence-electron chi connectivity index (χ3n) is 4.74. The number of carboxylic acid groups (broad SMARTS) is 1. The van der Waals surface area contributed by atoms with Crippen LogP contribution in [-0.4, -0.2) is 45.2 Å². The summed E-state index contributed by atoms with van der Waals surface area (Å²) in [6, 6.07) is 7.84. The monoisotopic (exact) mass is 327 g/mol. The van der Waals surface area contributed by atoms with Crippen LogP contribution in [0.1, 0.15) is 34.5 Å². The first-order valence-electron chi connectivity index (χ1n) is 8.11. The van der Waals surface area contributed by atoms with Crippen LogP contribution >= 0.6 is 0 Å². The van der Waals surface area contributed by atoms with Crippen LogP contribution in [-0.2, 0) is 4.79 Å². The maximum Gasteiger partial charge on any atom is 0.306 e. The predicted molar refractivity (Wildman–Crippen MR) is 89.8 cm³/mol. The largest absolute Gasteiger partial charge is 0.481 e. The van der Waals surface area contributed by atoms with E-state index in [1.54, 1.807) is 11.0 Å². The number of carboxylic acids is 1. The third-order valence-corrected chi connectivity index (χ3v) is 4.74. The maximum atomic E-state index is 12.5. The van der Waals surface area contributed by atoms with Crippen LogP contribution < -0.4 is 0 Å². The molecule has 6 nitrogen and oxygen atoms in total. The number of piperidine rings is 1. The number of carbonyl (C=O) groups is 2. The fourth-order valence-corrected chi connectivity index (χ4v) is 2.98. The molecule has 126 valence electrons. The van der Waals surface area contributed by atoms with Gasteiger partial charge < -0.3 is 10.0 Å². The third kappa shape index (κ3) is 3.18. The van der Waals surface area contributed by atoms with E-state index in [1.807, 2.05) is 19.1 Å². The standard InChI is InChI=1S/C18H21N3O3/c1-11-3-4-14(9-12(11)2)15-10-16(20-19-15)17(22)21-7-5-13(6-8-21)18(23)24/h3-4,9-10,13H,5-8H2,1-2H3,(H,19,20)(H,23,24). The van der Waals surface area contributed by atoms with Crippen molar-refractivity contribution in [2.24, 2.45) is 5.92 Å². The zero-order valence-corrected chi connectivity index (χ0v) is 13.9. The Balaban J connectivity index is 1.72. The van der Waals surface area contributed by atoms with Crippen LogP contribution in [0.4, 0.5) is 0 Å². The number of nitrogens with zero attached hydrogens (tertiary/aromatic N) is 2. The number of hydrogen-bond donors (Lipinski definition) is 2. The Hall–Kier alpha value is -2.63. The summed E-state index contributed by atoms with van der Waals surface area (Å²) in [6.07, 6.45) is 0.998. The smallest absolute Gasteiger partial charge is 0.306 e. The van der Waals surface area contributed by atoms with E-state index < -0.39 is 5.97 Å². The molecule has 1 saturated heterocycles. The quantitative estimate of drug-likeness (QED) is 0.907. The van der Waals surface area contributed by atoms with Gasteiger partial charge in [-0.1, -0.05) is 12.1 Å². The predicted octanol–water partition coefficient (Wildman–Crippen LogP) is 2.63. The lowest BCUT2D eigenvalue weighted by molar-refractivity contribution is -0.143. The molecule has 1 amide bonds. The van der Waals surface area contributed by atoms with E-state index in [4.69, 9.17) is 5.11 Å². The first-order valence-corrected chi connectivity index (χ1v) is 8.11. The van der Waals surface area contributed by atoms with Crippen LogP contribution in [0.2, 0.25) is 0 Å². The highest BCUT2D eigenvalue weighted by atomic mass is 16.4. The SMILES string of the molecule is Cc1ccc(-c2cc(C(=O)N3CCC(C(=O)O)CC3)[nH]n2)cc1C. The first kappa shape index (κ1) is 16.2. The molecule has 0 bridgehead atoms. The van der Waals surface area contributed by atoms with E-state index in [-0.39, 0.29) is 11.8 Å². The number of H-pyrrole nitrogens is 1. The summed E-state index contributed by atoms with van der Waals surface area (Å²) < 4.78 is 0. The first-order chi connectivity index (χ1) is 11.5. The van der Waals surface area contributed by atoms with Crippen molar-refractivity contribution in [1.29, 1.82) is 0 Å². The number of likely N-dealkylation sites (tertiary alicyclic amines) is 1. The van der Waals surface area contributed by atoms with Crippen molar-refractivity contribution in [2.75, 3.05) is 13.1 Å². The Kier molecular flexibility index (Phi) is 4.38. The lowest BCUT2D eigenvalue weighted by atomic mass is 9.97. The number of amides is 1. The number of nitrogens with one attached hydrogen (secondary N) is 1. The van der Waals surface area contributed by atoms with Crippen molar-refractivity contribution in [3.05, 3.63) is 41.1 Å². The normalized spacial score (nSPS) is 15.5. The molecule has 2 aromatic rings. The van der Waals surface area contributed by atoms with Crippen molar-refractivity contribution in [1.82, 2.24) is 15.1 Å². The van der Waals surface area contributed by atoms with Gasteiger partial charge in [-0.05, 0) is 49.9 Å². The summed E-state index contributed by atoms with van der Waals surface area (Å²) in [5, 5.41) is 16.1. The van der Waals surface area contributed by atoms with Gasteiger partial charge in [-0.2, -0.15) is 5.10 Å². The number of aromatic amines is 1. The number of aromatic nitrogens is 2. The molecule has 1 aromatic heterocycles.